The van der Waals surface area contributed by atoms with E-state index in [2.05, 4.69) is 16.9 Å². The standard InChI is InChI=1S/C25H34N2O5/c1-3-5-6-7-8-9-15-29-21-16-26-24(27-17-21)19-11-13-20(14-12-19)30-18-23-22(10-4-2)31-25(28)32-23/h11-14,16-17,22-23H,3-10,15,18H2,1-2H3. The first-order valence-corrected chi connectivity index (χ1v) is 11.7. The molecule has 1 aliphatic rings. The predicted octanol–water partition coefficient (Wildman–Crippen LogP) is 5.97. The first kappa shape index (κ1) is 23.8. The molecule has 3 rings (SSSR count). The molecule has 0 spiro atoms. The van der Waals surface area contributed by atoms with Crippen LogP contribution in [0.1, 0.15) is 65.2 Å². The molecule has 0 aliphatic carbocycles. The van der Waals surface area contributed by atoms with Gasteiger partial charge in [0, 0.05) is 5.56 Å². The summed E-state index contributed by atoms with van der Waals surface area (Å²) in [6.07, 6.45) is 11.3. The van der Waals surface area contributed by atoms with Gasteiger partial charge < -0.3 is 18.9 Å². The number of hydrogen-bond donors (Lipinski definition) is 0. The van der Waals surface area contributed by atoms with Crippen LogP contribution in [0.2, 0.25) is 0 Å². The van der Waals surface area contributed by atoms with Crippen LogP contribution in [0, 0.1) is 0 Å². The second-order valence-corrected chi connectivity index (χ2v) is 8.05. The zero-order valence-corrected chi connectivity index (χ0v) is 19.1. The van der Waals surface area contributed by atoms with Crippen LogP contribution in [0.5, 0.6) is 11.5 Å². The summed E-state index contributed by atoms with van der Waals surface area (Å²) in [5.41, 5.74) is 0.888. The minimum atomic E-state index is -0.621. The highest BCUT2D eigenvalue weighted by Gasteiger charge is 2.36. The lowest BCUT2D eigenvalue weighted by Crippen LogP contribution is -2.28. The molecule has 0 bridgehead atoms. The number of cyclic esters (lactones) is 2. The Balaban J connectivity index is 1.43. The summed E-state index contributed by atoms with van der Waals surface area (Å²) in [4.78, 5) is 20.2. The van der Waals surface area contributed by atoms with Crippen LogP contribution < -0.4 is 9.47 Å². The molecule has 7 heteroatoms. The van der Waals surface area contributed by atoms with Gasteiger partial charge in [0.1, 0.15) is 18.5 Å². The van der Waals surface area contributed by atoms with Crippen molar-refractivity contribution >= 4 is 6.16 Å². The van der Waals surface area contributed by atoms with Gasteiger partial charge in [-0.3, -0.25) is 0 Å². The van der Waals surface area contributed by atoms with Gasteiger partial charge in [-0.2, -0.15) is 0 Å². The van der Waals surface area contributed by atoms with Crippen LogP contribution in [0.15, 0.2) is 36.7 Å². The Morgan fingerprint density at radius 3 is 2.22 bits per heavy atom. The molecule has 0 radical (unpaired) electrons. The molecule has 2 atom stereocenters. The van der Waals surface area contributed by atoms with Crippen molar-refractivity contribution in [2.45, 2.75) is 77.4 Å². The number of carbonyl (C=O) groups is 1. The molecule has 2 heterocycles. The molecule has 1 fully saturated rings. The molecule has 1 saturated heterocycles. The largest absolute Gasteiger partial charge is 0.509 e. The maximum absolute atomic E-state index is 11.4. The van der Waals surface area contributed by atoms with Crippen LogP contribution in [0.4, 0.5) is 4.79 Å². The van der Waals surface area contributed by atoms with E-state index >= 15 is 0 Å². The Kier molecular flexibility index (Phi) is 9.60. The number of benzene rings is 1. The molecular formula is C25H34N2O5. The van der Waals surface area contributed by atoms with E-state index in [1.807, 2.05) is 31.2 Å². The van der Waals surface area contributed by atoms with Crippen molar-refractivity contribution < 1.29 is 23.7 Å². The van der Waals surface area contributed by atoms with Gasteiger partial charge in [0.2, 0.25) is 0 Å². The van der Waals surface area contributed by atoms with E-state index < -0.39 is 6.16 Å². The average Bonchev–Trinajstić information content (AvgIpc) is 3.17. The Morgan fingerprint density at radius 2 is 1.50 bits per heavy atom. The van der Waals surface area contributed by atoms with E-state index in [1.165, 1.54) is 32.1 Å². The maximum Gasteiger partial charge on any atom is 0.509 e. The first-order valence-electron chi connectivity index (χ1n) is 11.7. The number of rotatable bonds is 14. The minimum absolute atomic E-state index is 0.248. The second kappa shape index (κ2) is 12.9. The van der Waals surface area contributed by atoms with Crippen LogP contribution in [0.3, 0.4) is 0 Å². The molecule has 2 aromatic rings. The summed E-state index contributed by atoms with van der Waals surface area (Å²) in [5, 5.41) is 0. The van der Waals surface area contributed by atoms with Gasteiger partial charge in [0.05, 0.1) is 19.0 Å². The quantitative estimate of drug-likeness (QED) is 0.263. The van der Waals surface area contributed by atoms with E-state index in [9.17, 15) is 4.79 Å². The third kappa shape index (κ3) is 7.39. The van der Waals surface area contributed by atoms with Gasteiger partial charge in [0.15, 0.2) is 17.7 Å². The number of nitrogens with zero attached hydrogens (tertiary/aromatic N) is 2. The number of ether oxygens (including phenoxy) is 4. The molecule has 174 valence electrons. The van der Waals surface area contributed by atoms with Crippen molar-refractivity contribution in [3.05, 3.63) is 36.7 Å². The van der Waals surface area contributed by atoms with Crippen molar-refractivity contribution in [1.82, 2.24) is 9.97 Å². The number of hydrogen-bond acceptors (Lipinski definition) is 7. The molecule has 0 saturated carbocycles. The van der Waals surface area contributed by atoms with Crippen molar-refractivity contribution in [2.24, 2.45) is 0 Å². The van der Waals surface area contributed by atoms with E-state index in [1.54, 1.807) is 12.4 Å². The molecular weight excluding hydrogens is 408 g/mol. The Hall–Kier alpha value is -2.83. The highest BCUT2D eigenvalue weighted by molar-refractivity contribution is 5.62. The molecule has 0 amide bonds. The van der Waals surface area contributed by atoms with E-state index in [0.717, 1.165) is 24.8 Å². The predicted molar refractivity (Wildman–Crippen MR) is 122 cm³/mol. The SMILES string of the molecule is CCCCCCCCOc1cnc(-c2ccc(OCC3OC(=O)OC3CCC)cc2)nc1. The topological polar surface area (TPSA) is 79.8 Å². The van der Waals surface area contributed by atoms with Crippen LogP contribution in [0.25, 0.3) is 11.4 Å². The molecule has 1 aromatic carbocycles. The highest BCUT2D eigenvalue weighted by Crippen LogP contribution is 2.23. The van der Waals surface area contributed by atoms with Gasteiger partial charge in [-0.25, -0.2) is 14.8 Å². The molecule has 2 unspecified atom stereocenters. The maximum atomic E-state index is 11.4. The summed E-state index contributed by atoms with van der Waals surface area (Å²) in [6, 6.07) is 7.52. The minimum Gasteiger partial charge on any atom is -0.490 e. The fourth-order valence-corrected chi connectivity index (χ4v) is 3.59. The van der Waals surface area contributed by atoms with Gasteiger partial charge >= 0.3 is 6.16 Å². The molecule has 7 nitrogen and oxygen atoms in total. The Morgan fingerprint density at radius 1 is 0.812 bits per heavy atom. The van der Waals surface area contributed by atoms with Crippen LogP contribution in [-0.4, -0.2) is 41.5 Å². The zero-order valence-electron chi connectivity index (χ0n) is 19.1. The summed E-state index contributed by atoms with van der Waals surface area (Å²) in [7, 11) is 0. The molecule has 1 aliphatic heterocycles. The van der Waals surface area contributed by atoms with E-state index in [0.29, 0.717) is 23.9 Å². The van der Waals surface area contributed by atoms with Crippen molar-refractivity contribution in [1.29, 1.82) is 0 Å². The Bertz CT molecular complexity index is 810. The summed E-state index contributed by atoms with van der Waals surface area (Å²) in [5.74, 6) is 2.01. The van der Waals surface area contributed by atoms with Crippen LogP contribution >= 0.6 is 0 Å². The molecule has 32 heavy (non-hydrogen) atoms. The Labute approximate surface area is 190 Å². The lowest BCUT2D eigenvalue weighted by atomic mass is 10.1. The van der Waals surface area contributed by atoms with Gasteiger partial charge in [0.25, 0.3) is 0 Å². The summed E-state index contributed by atoms with van der Waals surface area (Å²) in [6.45, 7) is 5.22. The summed E-state index contributed by atoms with van der Waals surface area (Å²) < 4.78 is 21.9. The third-order valence-corrected chi connectivity index (χ3v) is 5.40. The number of carbonyl (C=O) groups excluding carboxylic acids is 1. The number of unbranched alkanes of at least 4 members (excludes halogenated alkanes) is 5. The van der Waals surface area contributed by atoms with E-state index in [-0.39, 0.29) is 18.8 Å². The van der Waals surface area contributed by atoms with Crippen molar-refractivity contribution in [3.8, 4) is 22.9 Å². The molecule has 1 aromatic heterocycles. The van der Waals surface area contributed by atoms with Gasteiger partial charge in [-0.05, 0) is 37.1 Å². The lowest BCUT2D eigenvalue weighted by Gasteiger charge is -2.15. The molecule has 0 N–H and O–H groups in total. The fraction of sp³-hybridized carbons (Fsp3) is 0.560. The zero-order chi connectivity index (χ0) is 22.6. The fourth-order valence-electron chi connectivity index (χ4n) is 3.59. The van der Waals surface area contributed by atoms with E-state index in [4.69, 9.17) is 18.9 Å². The normalized spacial score (nSPS) is 17.6. The van der Waals surface area contributed by atoms with Gasteiger partial charge in [-0.15, -0.1) is 0 Å². The first-order chi connectivity index (χ1) is 15.7. The highest BCUT2D eigenvalue weighted by atomic mass is 16.8. The smallest absolute Gasteiger partial charge is 0.490 e. The van der Waals surface area contributed by atoms with Crippen molar-refractivity contribution in [3.63, 3.8) is 0 Å². The second-order valence-electron chi connectivity index (χ2n) is 8.05. The van der Waals surface area contributed by atoms with Crippen LogP contribution in [-0.2, 0) is 9.47 Å². The monoisotopic (exact) mass is 442 g/mol. The lowest BCUT2D eigenvalue weighted by molar-refractivity contribution is 0.0891. The average molecular weight is 443 g/mol. The van der Waals surface area contributed by atoms with Crippen molar-refractivity contribution in [2.75, 3.05) is 13.2 Å². The number of aromatic nitrogens is 2. The summed E-state index contributed by atoms with van der Waals surface area (Å²) >= 11 is 0. The van der Waals surface area contributed by atoms with Gasteiger partial charge in [-0.1, -0.05) is 52.4 Å². The third-order valence-electron chi connectivity index (χ3n) is 5.40.